The fourth-order valence-electron chi connectivity index (χ4n) is 6.41. The number of Topliss-reactive ketones (excluding diaryl/α,β-unsaturated/α-hetero) is 1. The third-order valence-corrected chi connectivity index (χ3v) is 10.6. The number of aryl methyl sites for hydroxylation is 1. The minimum atomic E-state index is -4.73. The molecule has 0 aliphatic rings. The highest BCUT2D eigenvalue weighted by Crippen LogP contribution is 2.17. The second-order valence-electron chi connectivity index (χ2n) is 15.1. The molecule has 16 nitrogen and oxygen atoms in total. The Hall–Kier alpha value is -4.38. The quantitative estimate of drug-likeness (QED) is 0.0351. The number of nitrogens with two attached hydrogens (primary N) is 1. The van der Waals surface area contributed by atoms with E-state index in [9.17, 15) is 51.6 Å². The van der Waals surface area contributed by atoms with Gasteiger partial charge in [0.15, 0.2) is 5.78 Å². The Bertz CT molecular complexity index is 1550. The van der Waals surface area contributed by atoms with E-state index in [0.29, 0.717) is 31.4 Å². The van der Waals surface area contributed by atoms with Crippen LogP contribution in [-0.2, 0) is 38.9 Å². The first-order chi connectivity index (χ1) is 27.5. The molecule has 0 fully saturated rings. The fourth-order valence-corrected chi connectivity index (χ4v) is 7.10. The summed E-state index contributed by atoms with van der Waals surface area (Å²) in [6.45, 7) is 2.23. The summed E-state index contributed by atoms with van der Waals surface area (Å²) in [7, 11) is -4.73. The van der Waals surface area contributed by atoms with Gasteiger partial charge in [-0.3, -0.25) is 38.1 Å². The topological polar surface area (TPSA) is 276 Å². The van der Waals surface area contributed by atoms with E-state index in [1.807, 2.05) is 19.1 Å². The number of carbonyl (C=O) groups is 7. The highest BCUT2D eigenvalue weighted by atomic mass is 32.2. The summed E-state index contributed by atoms with van der Waals surface area (Å²) in [6, 6.07) is 4.32. The summed E-state index contributed by atoms with van der Waals surface area (Å²) in [5, 5.41) is 26.0. The van der Waals surface area contributed by atoms with E-state index < -0.39 is 82.2 Å². The van der Waals surface area contributed by atoms with Crippen molar-refractivity contribution in [2.75, 3.05) is 12.3 Å². The molecule has 3 unspecified atom stereocenters. The van der Waals surface area contributed by atoms with Crippen molar-refractivity contribution >= 4 is 51.5 Å². The van der Waals surface area contributed by atoms with Gasteiger partial charge in [0.05, 0.1) is 5.92 Å². The summed E-state index contributed by atoms with van der Waals surface area (Å²) in [4.78, 5) is 85.1. The van der Waals surface area contributed by atoms with Crippen molar-refractivity contribution in [2.45, 2.75) is 160 Å². The molecule has 8 N–H and O–H groups in total. The van der Waals surface area contributed by atoms with Gasteiger partial charge in [-0.2, -0.15) is 8.42 Å². The molecule has 1 aromatic rings. The van der Waals surface area contributed by atoms with Gasteiger partial charge in [-0.1, -0.05) is 94.7 Å². The van der Waals surface area contributed by atoms with Crippen molar-refractivity contribution in [3.63, 3.8) is 0 Å². The molecule has 0 heterocycles. The van der Waals surface area contributed by atoms with Gasteiger partial charge in [0.1, 0.15) is 17.8 Å². The molecule has 4 amide bonds. The molecule has 58 heavy (non-hydrogen) atoms. The Balaban J connectivity index is 2.41. The number of rotatable bonds is 35. The molecule has 0 aromatic heterocycles. The zero-order valence-electron chi connectivity index (χ0n) is 34.0. The van der Waals surface area contributed by atoms with Gasteiger partial charge in [0.25, 0.3) is 16.0 Å². The monoisotopic (exact) mass is 838 g/mol. The zero-order valence-corrected chi connectivity index (χ0v) is 34.8. The van der Waals surface area contributed by atoms with Crippen LogP contribution in [0.2, 0.25) is 0 Å². The van der Waals surface area contributed by atoms with Gasteiger partial charge < -0.3 is 31.9 Å². The van der Waals surface area contributed by atoms with E-state index in [1.165, 1.54) is 12.8 Å². The number of carboxylic acid groups (broad SMARTS) is 2. The summed E-state index contributed by atoms with van der Waals surface area (Å²) in [5.74, 6) is -8.01. The molecule has 0 saturated heterocycles. The fraction of sp³-hybridized carbons (Fsp3) is 0.683. The highest BCUT2D eigenvalue weighted by Gasteiger charge is 2.31. The number of primary amides is 1. The third-order valence-electron chi connectivity index (χ3n) is 9.86. The molecule has 3 atom stereocenters. The van der Waals surface area contributed by atoms with E-state index in [-0.39, 0.29) is 31.6 Å². The number of aliphatic carboxylic acids is 2. The van der Waals surface area contributed by atoms with E-state index in [2.05, 4.69) is 16.0 Å². The minimum absolute atomic E-state index is 0.0111. The average molecular weight is 839 g/mol. The first-order valence-corrected chi connectivity index (χ1v) is 22.2. The number of unbranched alkanes of at least 4 members (excludes halogenated alkanes) is 14. The van der Waals surface area contributed by atoms with Crippen LogP contribution in [0, 0.1) is 12.8 Å². The van der Waals surface area contributed by atoms with Crippen LogP contribution in [0.4, 0.5) is 0 Å². The number of nitrogens with one attached hydrogen (secondary N) is 3. The van der Waals surface area contributed by atoms with E-state index in [1.54, 1.807) is 12.1 Å². The molecule has 1 aromatic carbocycles. The third kappa shape index (κ3) is 26.5. The maximum absolute atomic E-state index is 13.1. The lowest BCUT2D eigenvalue weighted by Gasteiger charge is -2.19. The maximum atomic E-state index is 13.1. The largest absolute Gasteiger partial charge is 0.481 e. The van der Waals surface area contributed by atoms with Crippen molar-refractivity contribution in [3.8, 4) is 0 Å². The van der Waals surface area contributed by atoms with Crippen molar-refractivity contribution < 1.29 is 56.7 Å². The Morgan fingerprint density at radius 1 is 0.638 bits per heavy atom. The summed E-state index contributed by atoms with van der Waals surface area (Å²) in [5.41, 5.74) is 6.98. The van der Waals surface area contributed by atoms with Crippen LogP contribution in [0.1, 0.15) is 157 Å². The highest BCUT2D eigenvalue weighted by molar-refractivity contribution is 7.85. The molecular formula is C41H66N4O12S. The summed E-state index contributed by atoms with van der Waals surface area (Å²) < 4.78 is 32.8. The van der Waals surface area contributed by atoms with Crippen molar-refractivity contribution in [1.82, 2.24) is 16.0 Å². The molecule has 1 rings (SSSR count). The average Bonchev–Trinajstić information content (AvgIpc) is 3.14. The second-order valence-corrected chi connectivity index (χ2v) is 16.6. The number of ketones is 1. The van der Waals surface area contributed by atoms with E-state index >= 15 is 0 Å². The van der Waals surface area contributed by atoms with Crippen molar-refractivity contribution in [3.05, 3.63) is 35.4 Å². The summed E-state index contributed by atoms with van der Waals surface area (Å²) in [6.07, 6.45) is 13.8. The number of carboxylic acids is 2. The van der Waals surface area contributed by atoms with Crippen LogP contribution >= 0.6 is 0 Å². The molecule has 328 valence electrons. The van der Waals surface area contributed by atoms with Gasteiger partial charge in [-0.05, 0) is 57.6 Å². The molecule has 0 aliphatic carbocycles. The minimum Gasteiger partial charge on any atom is -0.481 e. The van der Waals surface area contributed by atoms with Gasteiger partial charge >= 0.3 is 11.9 Å². The van der Waals surface area contributed by atoms with Gasteiger partial charge in [0, 0.05) is 37.8 Å². The Kier molecular flexibility index (Phi) is 26.5. The number of benzene rings is 1. The smallest absolute Gasteiger partial charge is 0.306 e. The van der Waals surface area contributed by atoms with Gasteiger partial charge in [-0.25, -0.2) is 0 Å². The number of carbonyl (C=O) groups excluding carboxylic acids is 5. The van der Waals surface area contributed by atoms with E-state index in [0.717, 1.165) is 76.2 Å². The molecule has 0 bridgehead atoms. The van der Waals surface area contributed by atoms with Crippen LogP contribution in [-0.4, -0.2) is 88.9 Å². The number of hydrogen-bond donors (Lipinski definition) is 7. The normalized spacial score (nSPS) is 12.9. The van der Waals surface area contributed by atoms with Crippen LogP contribution in [0.5, 0.6) is 0 Å². The Labute approximate surface area is 343 Å². The van der Waals surface area contributed by atoms with Crippen LogP contribution in [0.15, 0.2) is 24.3 Å². The number of hydrogen-bond acceptors (Lipinski definition) is 9. The predicted molar refractivity (Wildman–Crippen MR) is 218 cm³/mol. The zero-order chi connectivity index (χ0) is 43.3. The Morgan fingerprint density at radius 2 is 1.12 bits per heavy atom. The predicted octanol–water partition coefficient (Wildman–Crippen LogP) is 5.00. The van der Waals surface area contributed by atoms with Crippen LogP contribution < -0.4 is 21.7 Å². The van der Waals surface area contributed by atoms with Crippen LogP contribution in [0.3, 0.4) is 0 Å². The molecule has 0 saturated carbocycles. The standard InChI is InChI=1S/C41H66N4O12S/c1-30-21-23-31(24-22-30)40(52)43-27-17-16-18-33(39(42)51)44-37(48)26-25-32(41(53)54)28-35(46)34(29-58(55,56)57)45-36(47)19-14-12-10-8-6-4-2-3-5-7-9-11-13-15-20-38(49)50/h21-24,32-34H,2-20,25-29H2,1H3,(H2,42,51)(H,43,52)(H,44,48)(H,45,47)(H,49,50)(H,53,54)(H,55,56,57). The molecular weight excluding hydrogens is 773 g/mol. The van der Waals surface area contributed by atoms with Crippen LogP contribution in [0.25, 0.3) is 0 Å². The SMILES string of the molecule is Cc1ccc(C(=O)NCCCCC(NC(=O)CCC(CC(=O)C(CS(=O)(=O)O)NC(=O)CCCCCCCCCCCCCCCCC(=O)O)C(=O)O)C(N)=O)cc1. The first-order valence-electron chi connectivity index (χ1n) is 20.6. The molecule has 0 radical (unpaired) electrons. The molecule has 17 heteroatoms. The molecule has 0 aliphatic heterocycles. The van der Waals surface area contributed by atoms with E-state index in [4.69, 9.17) is 10.8 Å². The second kappa shape index (κ2) is 29.8. The van der Waals surface area contributed by atoms with Crippen molar-refractivity contribution in [2.24, 2.45) is 11.7 Å². The van der Waals surface area contributed by atoms with Gasteiger partial charge in [0.2, 0.25) is 17.7 Å². The lowest BCUT2D eigenvalue weighted by molar-refractivity contribution is -0.144. The van der Waals surface area contributed by atoms with Crippen molar-refractivity contribution in [1.29, 1.82) is 0 Å². The van der Waals surface area contributed by atoms with Gasteiger partial charge in [-0.15, -0.1) is 0 Å². The molecule has 0 spiro atoms. The lowest BCUT2D eigenvalue weighted by atomic mass is 9.94. The Morgan fingerprint density at radius 3 is 1.60 bits per heavy atom. The lowest BCUT2D eigenvalue weighted by Crippen LogP contribution is -2.46. The maximum Gasteiger partial charge on any atom is 0.306 e. The first kappa shape index (κ1) is 51.6. The number of amides is 4. The summed E-state index contributed by atoms with van der Waals surface area (Å²) >= 11 is 0.